The van der Waals surface area contributed by atoms with Crippen LogP contribution >= 0.6 is 0 Å². The second kappa shape index (κ2) is 4.91. The summed E-state index contributed by atoms with van der Waals surface area (Å²) in [5.41, 5.74) is 0.168. The molecule has 0 heterocycles. The lowest BCUT2D eigenvalue weighted by atomic mass is 10.1. The van der Waals surface area contributed by atoms with Gasteiger partial charge < -0.3 is 4.74 Å². The second-order valence-corrected chi connectivity index (χ2v) is 2.57. The number of methoxy groups -OCH3 is 1. The molecule has 0 aliphatic carbocycles. The van der Waals surface area contributed by atoms with Crippen LogP contribution in [0.25, 0.3) is 0 Å². The van der Waals surface area contributed by atoms with Crippen LogP contribution < -0.4 is 0 Å². The summed E-state index contributed by atoms with van der Waals surface area (Å²) in [4.78, 5) is 20.9. The van der Waals surface area contributed by atoms with Gasteiger partial charge in [0.2, 0.25) is 0 Å². The van der Waals surface area contributed by atoms with Crippen LogP contribution in [-0.4, -0.2) is 19.4 Å². The number of halogens is 1. The van der Waals surface area contributed by atoms with E-state index in [0.29, 0.717) is 11.8 Å². The number of carbonyl (C=O) groups excluding carboxylic acids is 2. The molecule has 0 saturated carbocycles. The molecule has 15 heavy (non-hydrogen) atoms. The van der Waals surface area contributed by atoms with Gasteiger partial charge in [0, 0.05) is 5.56 Å². The van der Waals surface area contributed by atoms with Gasteiger partial charge in [-0.15, -0.1) is 0 Å². The molecule has 0 fully saturated rings. The van der Waals surface area contributed by atoms with Crippen LogP contribution in [0.5, 0.6) is 0 Å². The molecule has 0 saturated heterocycles. The molecule has 0 aliphatic heterocycles. The number of ether oxygens (including phenoxy) is 1. The van der Waals surface area contributed by atoms with Crippen molar-refractivity contribution < 1.29 is 18.7 Å². The van der Waals surface area contributed by atoms with Gasteiger partial charge in [-0.1, -0.05) is 5.92 Å². The Kier molecular flexibility index (Phi) is 3.58. The van der Waals surface area contributed by atoms with Gasteiger partial charge in [0.25, 0.3) is 0 Å². The van der Waals surface area contributed by atoms with Gasteiger partial charge in [0.15, 0.2) is 6.29 Å². The van der Waals surface area contributed by atoms with E-state index < -0.39 is 11.8 Å². The summed E-state index contributed by atoms with van der Waals surface area (Å²) in [7, 11) is 1.17. The fourth-order valence-electron chi connectivity index (χ4n) is 0.981. The Balaban J connectivity index is 3.08. The van der Waals surface area contributed by atoms with E-state index in [-0.39, 0.29) is 5.56 Å². The Morgan fingerprint density at radius 3 is 2.80 bits per heavy atom. The zero-order chi connectivity index (χ0) is 11.3. The SMILES string of the molecule is COC(=O)c1ccc(C#CC=O)cc1F. The smallest absolute Gasteiger partial charge is 0.340 e. The number of carbonyl (C=O) groups is 2. The van der Waals surface area contributed by atoms with Crippen LogP contribution in [0.4, 0.5) is 4.39 Å². The van der Waals surface area contributed by atoms with Crippen molar-refractivity contribution in [3.05, 3.63) is 35.1 Å². The quantitative estimate of drug-likeness (QED) is 0.393. The van der Waals surface area contributed by atoms with E-state index in [1.54, 1.807) is 0 Å². The maximum Gasteiger partial charge on any atom is 0.340 e. The highest BCUT2D eigenvalue weighted by atomic mass is 19.1. The topological polar surface area (TPSA) is 43.4 Å². The summed E-state index contributed by atoms with van der Waals surface area (Å²) in [5.74, 6) is 3.08. The third-order valence-corrected chi connectivity index (χ3v) is 1.65. The molecule has 0 spiro atoms. The van der Waals surface area contributed by atoms with E-state index in [1.165, 1.54) is 19.2 Å². The Morgan fingerprint density at radius 1 is 1.53 bits per heavy atom. The van der Waals surface area contributed by atoms with Crippen molar-refractivity contribution in [3.8, 4) is 11.8 Å². The van der Waals surface area contributed by atoms with E-state index in [2.05, 4.69) is 16.6 Å². The van der Waals surface area contributed by atoms with Crippen molar-refractivity contribution in [3.63, 3.8) is 0 Å². The van der Waals surface area contributed by atoms with Crippen molar-refractivity contribution in [1.29, 1.82) is 0 Å². The summed E-state index contributed by atoms with van der Waals surface area (Å²) in [5, 5.41) is 0. The first-order chi connectivity index (χ1) is 7.19. The van der Waals surface area contributed by atoms with Gasteiger partial charge in [-0.2, -0.15) is 0 Å². The number of benzene rings is 1. The van der Waals surface area contributed by atoms with Crippen LogP contribution in [-0.2, 0) is 9.53 Å². The first-order valence-corrected chi connectivity index (χ1v) is 4.02. The molecule has 76 valence electrons. The molecule has 0 aliphatic rings. The molecule has 4 heteroatoms. The molecular formula is C11H7FO3. The van der Waals surface area contributed by atoms with Crippen molar-refractivity contribution in [2.75, 3.05) is 7.11 Å². The number of hydrogen-bond donors (Lipinski definition) is 0. The highest BCUT2D eigenvalue weighted by Gasteiger charge is 2.11. The molecule has 0 N–H and O–H groups in total. The highest BCUT2D eigenvalue weighted by Crippen LogP contribution is 2.10. The zero-order valence-electron chi connectivity index (χ0n) is 7.91. The number of esters is 1. The lowest BCUT2D eigenvalue weighted by molar-refractivity contribution is -0.103. The molecule has 1 aromatic carbocycles. The third-order valence-electron chi connectivity index (χ3n) is 1.65. The molecule has 0 radical (unpaired) electrons. The molecule has 0 amide bonds. The fourth-order valence-corrected chi connectivity index (χ4v) is 0.981. The second-order valence-electron chi connectivity index (χ2n) is 2.57. The first kappa shape index (κ1) is 10.9. The Morgan fingerprint density at radius 2 is 2.27 bits per heavy atom. The predicted molar refractivity (Wildman–Crippen MR) is 50.7 cm³/mol. The van der Waals surface area contributed by atoms with Crippen molar-refractivity contribution in [2.45, 2.75) is 0 Å². The highest BCUT2D eigenvalue weighted by molar-refractivity contribution is 5.89. The molecule has 1 aromatic rings. The number of rotatable bonds is 1. The Labute approximate surface area is 85.9 Å². The number of aldehydes is 1. The van der Waals surface area contributed by atoms with Gasteiger partial charge in [-0.25, -0.2) is 9.18 Å². The molecular weight excluding hydrogens is 199 g/mol. The molecule has 0 unspecified atom stereocenters. The average Bonchev–Trinajstić information content (AvgIpc) is 2.25. The van der Waals surface area contributed by atoms with Crippen LogP contribution in [0, 0.1) is 17.7 Å². The Bertz CT molecular complexity index is 455. The Hall–Kier alpha value is -2.15. The zero-order valence-corrected chi connectivity index (χ0v) is 7.91. The van der Waals surface area contributed by atoms with Crippen molar-refractivity contribution >= 4 is 12.3 Å². The van der Waals surface area contributed by atoms with E-state index in [0.717, 1.165) is 6.07 Å². The van der Waals surface area contributed by atoms with Gasteiger partial charge in [-0.3, -0.25) is 4.79 Å². The van der Waals surface area contributed by atoms with Crippen molar-refractivity contribution in [2.24, 2.45) is 0 Å². The first-order valence-electron chi connectivity index (χ1n) is 4.02. The standard InChI is InChI=1S/C11H7FO3/c1-15-11(14)9-5-4-8(3-2-6-13)7-10(9)12/h4-7H,1H3. The van der Waals surface area contributed by atoms with Gasteiger partial charge >= 0.3 is 5.97 Å². The van der Waals surface area contributed by atoms with Crippen LogP contribution in [0.1, 0.15) is 15.9 Å². The minimum absolute atomic E-state index is 0.158. The lowest BCUT2D eigenvalue weighted by Gasteiger charge is -2.00. The monoisotopic (exact) mass is 206 g/mol. The van der Waals surface area contributed by atoms with Crippen LogP contribution in [0.2, 0.25) is 0 Å². The predicted octanol–water partition coefficient (Wildman–Crippen LogP) is 1.16. The normalized spacial score (nSPS) is 8.67. The van der Waals surface area contributed by atoms with Gasteiger partial charge in [0.1, 0.15) is 5.82 Å². The summed E-state index contributed by atoms with van der Waals surface area (Å²) in [6.07, 6.45) is 0.409. The largest absolute Gasteiger partial charge is 0.465 e. The van der Waals surface area contributed by atoms with Crippen molar-refractivity contribution in [1.82, 2.24) is 0 Å². The average molecular weight is 206 g/mol. The third kappa shape index (κ3) is 2.64. The molecule has 1 rings (SSSR count). The van der Waals surface area contributed by atoms with E-state index in [9.17, 15) is 14.0 Å². The minimum atomic E-state index is -0.748. The number of hydrogen-bond acceptors (Lipinski definition) is 3. The van der Waals surface area contributed by atoms with Crippen LogP contribution in [0.15, 0.2) is 18.2 Å². The van der Waals surface area contributed by atoms with Gasteiger partial charge in [-0.05, 0) is 24.1 Å². The molecule has 0 aromatic heterocycles. The lowest BCUT2D eigenvalue weighted by Crippen LogP contribution is -2.04. The maximum absolute atomic E-state index is 13.3. The maximum atomic E-state index is 13.3. The van der Waals surface area contributed by atoms with Crippen LogP contribution in [0.3, 0.4) is 0 Å². The van der Waals surface area contributed by atoms with E-state index >= 15 is 0 Å². The fraction of sp³-hybridized carbons (Fsp3) is 0.0909. The summed E-state index contributed by atoms with van der Waals surface area (Å²) in [6, 6.07) is 3.77. The molecule has 0 atom stereocenters. The summed E-state index contributed by atoms with van der Waals surface area (Å²) in [6.45, 7) is 0. The van der Waals surface area contributed by atoms with Gasteiger partial charge in [0.05, 0.1) is 12.7 Å². The van der Waals surface area contributed by atoms with E-state index in [1.807, 2.05) is 0 Å². The summed E-state index contributed by atoms with van der Waals surface area (Å²) >= 11 is 0. The summed E-state index contributed by atoms with van der Waals surface area (Å²) < 4.78 is 17.6. The molecule has 3 nitrogen and oxygen atoms in total. The minimum Gasteiger partial charge on any atom is -0.465 e. The molecule has 0 bridgehead atoms. The van der Waals surface area contributed by atoms with E-state index in [4.69, 9.17) is 0 Å².